The zero-order chi connectivity index (χ0) is 59.9. The number of unbranched alkanes of at least 4 members (excludes halogenated alkanes) is 34. The van der Waals surface area contributed by atoms with Crippen molar-refractivity contribution in [2.45, 2.75) is 329 Å². The minimum Gasteiger partial charge on any atom is -0.462 e. The summed E-state index contributed by atoms with van der Waals surface area (Å²) in [6, 6.07) is 0. The van der Waals surface area contributed by atoms with E-state index < -0.39 is 97.5 Å². The fourth-order valence-corrected chi connectivity index (χ4v) is 10.8. The van der Waals surface area contributed by atoms with Gasteiger partial charge in [-0.25, -0.2) is 9.13 Å². The highest BCUT2D eigenvalue weighted by molar-refractivity contribution is 7.47. The van der Waals surface area contributed by atoms with Crippen LogP contribution in [0.3, 0.4) is 0 Å². The van der Waals surface area contributed by atoms with Crippen LogP contribution in [0.1, 0.15) is 311 Å². The topological polar surface area (TPSA) is 237 Å². The minimum atomic E-state index is -4.94. The van der Waals surface area contributed by atoms with Crippen LogP contribution in [-0.4, -0.2) is 96.7 Å². The molecule has 0 spiro atoms. The molecule has 0 saturated carbocycles. The van der Waals surface area contributed by atoms with E-state index in [4.69, 9.17) is 37.0 Å². The molecule has 3 N–H and O–H groups in total. The van der Waals surface area contributed by atoms with Gasteiger partial charge in [0.15, 0.2) is 12.2 Å². The minimum absolute atomic E-state index is 0.106. The van der Waals surface area contributed by atoms with Crippen molar-refractivity contribution in [3.05, 3.63) is 0 Å². The molecule has 17 nitrogen and oxygen atoms in total. The first-order valence-electron chi connectivity index (χ1n) is 32.6. The van der Waals surface area contributed by atoms with Crippen molar-refractivity contribution < 1.29 is 80.2 Å². The molecule has 0 fully saturated rings. The van der Waals surface area contributed by atoms with Gasteiger partial charge in [-0.2, -0.15) is 0 Å². The number of hydrogen-bond acceptors (Lipinski definition) is 15. The average Bonchev–Trinajstić information content (AvgIpc) is 3.43. The summed E-state index contributed by atoms with van der Waals surface area (Å²) in [5.74, 6) is -1.46. The lowest BCUT2D eigenvalue weighted by Crippen LogP contribution is -2.30. The molecule has 0 saturated heterocycles. The Kier molecular flexibility index (Phi) is 54.6. The van der Waals surface area contributed by atoms with Gasteiger partial charge in [-0.05, 0) is 31.6 Å². The molecule has 0 aliphatic carbocycles. The summed E-state index contributed by atoms with van der Waals surface area (Å²) in [5, 5.41) is 10.5. The van der Waals surface area contributed by atoms with E-state index in [0.29, 0.717) is 31.6 Å². The van der Waals surface area contributed by atoms with Crippen molar-refractivity contribution in [2.75, 3.05) is 39.6 Å². The number of phosphoric ester groups is 2. The number of rotatable bonds is 62. The van der Waals surface area contributed by atoms with Crippen LogP contribution in [0.5, 0.6) is 0 Å². The van der Waals surface area contributed by atoms with Gasteiger partial charge in [-0.15, -0.1) is 0 Å². The number of carbonyl (C=O) groups excluding carboxylic acids is 4. The Labute approximate surface area is 492 Å². The molecule has 81 heavy (non-hydrogen) atoms. The summed E-state index contributed by atoms with van der Waals surface area (Å²) in [5.41, 5.74) is 0. The predicted octanol–water partition coefficient (Wildman–Crippen LogP) is 17.0. The number of carbonyl (C=O) groups is 4. The maximum atomic E-state index is 12.9. The zero-order valence-electron chi connectivity index (χ0n) is 51.9. The molecule has 0 radical (unpaired) electrons. The van der Waals surface area contributed by atoms with Crippen molar-refractivity contribution in [1.82, 2.24) is 0 Å². The van der Waals surface area contributed by atoms with Gasteiger partial charge in [0.25, 0.3) is 0 Å². The molecule has 0 aliphatic heterocycles. The maximum Gasteiger partial charge on any atom is 0.472 e. The Hall–Kier alpha value is -1.94. The standard InChI is InChI=1S/C62H120O17P2/c1-6-9-12-15-18-21-22-23-24-25-28-31-38-43-48-62(67)79-58(52-73-60(65)46-41-36-33-32-34-39-44-55(4)5)54-77-81(70,71)75-50-56(63)49-74-80(68,69)76-53-57(78-61(66)47-42-37-30-27-20-17-14-11-8-3)51-72-59(64)45-40-35-29-26-19-16-13-10-7-2/h55-58,63H,6-54H2,1-5H3,(H,68,69)(H,70,71)/t56-,57+,58+/m0/s1. The first-order valence-corrected chi connectivity index (χ1v) is 35.6. The molecule has 0 bridgehead atoms. The number of aliphatic hydroxyl groups is 1. The molecule has 0 aromatic heterocycles. The summed E-state index contributed by atoms with van der Waals surface area (Å²) in [7, 11) is -9.88. The normalized spacial score (nSPS) is 14.3. The lowest BCUT2D eigenvalue weighted by Gasteiger charge is -2.21. The van der Waals surface area contributed by atoms with E-state index in [-0.39, 0.29) is 25.7 Å². The van der Waals surface area contributed by atoms with Crippen LogP contribution < -0.4 is 0 Å². The third kappa shape index (κ3) is 56.9. The summed E-state index contributed by atoms with van der Waals surface area (Å²) in [6.07, 6.45) is 39.0. The van der Waals surface area contributed by atoms with Gasteiger partial charge in [-0.1, -0.05) is 259 Å². The van der Waals surface area contributed by atoms with E-state index in [1.54, 1.807) is 0 Å². The van der Waals surface area contributed by atoms with Gasteiger partial charge in [0.1, 0.15) is 19.3 Å². The largest absolute Gasteiger partial charge is 0.472 e. The molecule has 0 rings (SSSR count). The van der Waals surface area contributed by atoms with E-state index in [2.05, 4.69) is 34.6 Å². The molecule has 0 aromatic rings. The van der Waals surface area contributed by atoms with Crippen LogP contribution in [0, 0.1) is 5.92 Å². The van der Waals surface area contributed by atoms with Crippen LogP contribution in [-0.2, 0) is 65.4 Å². The van der Waals surface area contributed by atoms with Crippen molar-refractivity contribution in [3.63, 3.8) is 0 Å². The first-order chi connectivity index (χ1) is 39.0. The molecular formula is C62H120O17P2. The van der Waals surface area contributed by atoms with Crippen LogP contribution in [0.15, 0.2) is 0 Å². The van der Waals surface area contributed by atoms with Crippen LogP contribution in [0.4, 0.5) is 0 Å². The summed E-state index contributed by atoms with van der Waals surface area (Å²) >= 11 is 0. The number of phosphoric acid groups is 2. The quantitative estimate of drug-likeness (QED) is 0.0222. The van der Waals surface area contributed by atoms with E-state index in [9.17, 15) is 43.2 Å². The Morgan fingerprint density at radius 2 is 0.568 bits per heavy atom. The van der Waals surface area contributed by atoms with E-state index in [0.717, 1.165) is 96.3 Å². The zero-order valence-corrected chi connectivity index (χ0v) is 53.7. The second-order valence-corrected chi connectivity index (χ2v) is 25.8. The van der Waals surface area contributed by atoms with Gasteiger partial charge >= 0.3 is 39.5 Å². The van der Waals surface area contributed by atoms with Crippen molar-refractivity contribution in [1.29, 1.82) is 0 Å². The second kappa shape index (κ2) is 55.9. The Morgan fingerprint density at radius 1 is 0.333 bits per heavy atom. The predicted molar refractivity (Wildman–Crippen MR) is 322 cm³/mol. The highest BCUT2D eigenvalue weighted by atomic mass is 31.2. The molecule has 480 valence electrons. The fourth-order valence-electron chi connectivity index (χ4n) is 9.23. The highest BCUT2D eigenvalue weighted by Crippen LogP contribution is 2.45. The molecule has 5 atom stereocenters. The second-order valence-electron chi connectivity index (χ2n) is 22.9. The van der Waals surface area contributed by atoms with Gasteiger partial charge < -0.3 is 33.8 Å². The third-order valence-corrected chi connectivity index (χ3v) is 16.2. The SMILES string of the molecule is CCCCCCCCCCCCCCCCC(=O)O[C@H](COC(=O)CCCCCCCCC(C)C)COP(=O)(O)OC[C@@H](O)COP(=O)(O)OC[C@@H](COC(=O)CCCCCCCCCCC)OC(=O)CCCCCCCCCCC. The highest BCUT2D eigenvalue weighted by Gasteiger charge is 2.30. The molecule has 2 unspecified atom stereocenters. The number of esters is 4. The Morgan fingerprint density at radius 3 is 0.840 bits per heavy atom. The van der Waals surface area contributed by atoms with Crippen molar-refractivity contribution >= 4 is 39.5 Å². The molecule has 0 heterocycles. The Balaban J connectivity index is 5.21. The van der Waals surface area contributed by atoms with Gasteiger partial charge in [0.2, 0.25) is 0 Å². The molecule has 0 aliphatic rings. The van der Waals surface area contributed by atoms with Crippen LogP contribution >= 0.6 is 15.6 Å². The van der Waals surface area contributed by atoms with Crippen molar-refractivity contribution in [3.8, 4) is 0 Å². The maximum absolute atomic E-state index is 12.9. The number of hydrogen-bond donors (Lipinski definition) is 3. The molecule has 19 heteroatoms. The summed E-state index contributed by atoms with van der Waals surface area (Å²) in [4.78, 5) is 72.0. The smallest absolute Gasteiger partial charge is 0.462 e. The van der Waals surface area contributed by atoms with Crippen LogP contribution in [0.25, 0.3) is 0 Å². The van der Waals surface area contributed by atoms with Crippen molar-refractivity contribution in [2.24, 2.45) is 5.92 Å². The number of ether oxygens (including phenoxy) is 4. The van der Waals surface area contributed by atoms with E-state index in [1.807, 2.05) is 0 Å². The third-order valence-electron chi connectivity index (χ3n) is 14.3. The van der Waals surface area contributed by atoms with E-state index >= 15 is 0 Å². The lowest BCUT2D eigenvalue weighted by atomic mass is 10.0. The monoisotopic (exact) mass is 1200 g/mol. The van der Waals surface area contributed by atoms with E-state index in [1.165, 1.54) is 128 Å². The molecular weight excluding hydrogens is 1080 g/mol. The first kappa shape index (κ1) is 79.1. The van der Waals surface area contributed by atoms with Gasteiger partial charge in [-0.3, -0.25) is 37.3 Å². The molecule has 0 aromatic carbocycles. The average molecular weight is 1200 g/mol. The summed E-state index contributed by atoms with van der Waals surface area (Å²) in [6.45, 7) is 7.07. The van der Waals surface area contributed by atoms with Crippen LogP contribution in [0.2, 0.25) is 0 Å². The Bertz CT molecular complexity index is 1580. The lowest BCUT2D eigenvalue weighted by molar-refractivity contribution is -0.161. The van der Waals surface area contributed by atoms with Gasteiger partial charge in [0, 0.05) is 25.7 Å². The molecule has 0 amide bonds. The fraction of sp³-hybridized carbons (Fsp3) is 0.935. The summed E-state index contributed by atoms with van der Waals surface area (Å²) < 4.78 is 67.8. The van der Waals surface area contributed by atoms with Gasteiger partial charge in [0.05, 0.1) is 26.4 Å². The number of aliphatic hydroxyl groups excluding tert-OH is 1.